The van der Waals surface area contributed by atoms with Crippen LogP contribution in [0.3, 0.4) is 0 Å². The van der Waals surface area contributed by atoms with Gasteiger partial charge in [-0.05, 0) is 38.5 Å². The number of esters is 1. The first kappa shape index (κ1) is 12.4. The molecule has 86 valence electrons. The molecule has 0 aliphatic heterocycles. The molecule has 0 aliphatic carbocycles. The van der Waals surface area contributed by atoms with Crippen molar-refractivity contribution in [3.63, 3.8) is 0 Å². The highest BCUT2D eigenvalue weighted by atomic mass is 16.5. The van der Waals surface area contributed by atoms with Gasteiger partial charge in [0.25, 0.3) is 0 Å². The molecule has 0 saturated heterocycles. The average Bonchev–Trinajstić information content (AvgIpc) is 2.16. The van der Waals surface area contributed by atoms with E-state index in [2.05, 4.69) is 0 Å². The average molecular weight is 220 g/mol. The predicted octanol–water partition coefficient (Wildman–Crippen LogP) is 2.38. The number of benzene rings is 1. The molecule has 1 aromatic rings. The second-order valence-electron chi connectivity index (χ2n) is 4.03. The van der Waals surface area contributed by atoms with Crippen LogP contribution >= 0.6 is 0 Å². The summed E-state index contributed by atoms with van der Waals surface area (Å²) < 4.78 is 5.05. The van der Waals surface area contributed by atoms with E-state index in [0.29, 0.717) is 12.0 Å². The lowest BCUT2D eigenvalue weighted by Crippen LogP contribution is -2.11. The Morgan fingerprint density at radius 1 is 1.19 bits per heavy atom. The van der Waals surface area contributed by atoms with Crippen molar-refractivity contribution >= 4 is 11.8 Å². The summed E-state index contributed by atoms with van der Waals surface area (Å²) in [6.45, 7) is 5.16. The lowest BCUT2D eigenvalue weighted by Gasteiger charge is -2.07. The van der Waals surface area contributed by atoms with Gasteiger partial charge in [-0.3, -0.25) is 4.79 Å². The number of ketones is 1. The van der Waals surface area contributed by atoms with Crippen LogP contribution in [0, 0.1) is 0 Å². The minimum Gasteiger partial charge on any atom is -0.459 e. The number of rotatable bonds is 4. The molecule has 0 fully saturated rings. The number of Topliss-reactive ketones (excluding diaryl/α,β-unsaturated/α-hetero) is 1. The third-order valence-electron chi connectivity index (χ3n) is 1.99. The Balaban J connectivity index is 2.71. The fraction of sp³-hybridized carbons (Fsp3) is 0.385. The number of carbonyl (C=O) groups is 2. The molecule has 0 unspecified atom stereocenters. The van der Waals surface area contributed by atoms with Gasteiger partial charge in [-0.15, -0.1) is 0 Å². The fourth-order valence-electron chi connectivity index (χ4n) is 1.33. The summed E-state index contributed by atoms with van der Waals surface area (Å²) in [4.78, 5) is 22.4. The Morgan fingerprint density at radius 2 is 1.75 bits per heavy atom. The predicted molar refractivity (Wildman–Crippen MR) is 61.4 cm³/mol. The van der Waals surface area contributed by atoms with Gasteiger partial charge in [-0.2, -0.15) is 0 Å². The van der Waals surface area contributed by atoms with Crippen molar-refractivity contribution in [2.75, 3.05) is 0 Å². The van der Waals surface area contributed by atoms with Crippen LogP contribution in [0.4, 0.5) is 0 Å². The fourth-order valence-corrected chi connectivity index (χ4v) is 1.33. The van der Waals surface area contributed by atoms with Gasteiger partial charge in [-0.25, -0.2) is 4.79 Å². The quantitative estimate of drug-likeness (QED) is 0.732. The van der Waals surface area contributed by atoms with E-state index in [4.69, 9.17) is 4.74 Å². The van der Waals surface area contributed by atoms with E-state index in [1.54, 1.807) is 31.2 Å². The molecule has 0 spiro atoms. The second kappa shape index (κ2) is 5.45. The minimum absolute atomic E-state index is 0.109. The highest BCUT2D eigenvalue weighted by Crippen LogP contribution is 2.08. The summed E-state index contributed by atoms with van der Waals surface area (Å²) in [7, 11) is 0. The SMILES string of the molecule is CC(=O)Cc1ccc(C(=O)OC(C)C)cc1. The van der Waals surface area contributed by atoms with E-state index >= 15 is 0 Å². The van der Waals surface area contributed by atoms with Crippen LogP contribution in [-0.2, 0) is 16.0 Å². The summed E-state index contributed by atoms with van der Waals surface area (Å²) >= 11 is 0. The maximum atomic E-state index is 11.5. The molecule has 16 heavy (non-hydrogen) atoms. The monoisotopic (exact) mass is 220 g/mol. The molecule has 0 bridgehead atoms. The molecule has 0 aromatic heterocycles. The molecule has 0 saturated carbocycles. The number of hydrogen-bond acceptors (Lipinski definition) is 3. The van der Waals surface area contributed by atoms with Crippen LogP contribution in [0.25, 0.3) is 0 Å². The van der Waals surface area contributed by atoms with Gasteiger partial charge in [-0.1, -0.05) is 12.1 Å². The highest BCUT2D eigenvalue weighted by Gasteiger charge is 2.08. The summed E-state index contributed by atoms with van der Waals surface area (Å²) in [5, 5.41) is 0. The second-order valence-corrected chi connectivity index (χ2v) is 4.03. The van der Waals surface area contributed by atoms with Crippen LogP contribution in [0.5, 0.6) is 0 Å². The minimum atomic E-state index is -0.329. The third kappa shape index (κ3) is 3.85. The normalized spacial score (nSPS) is 10.2. The molecule has 1 aromatic carbocycles. The first-order chi connectivity index (χ1) is 7.49. The molecule has 1 rings (SSSR count). The van der Waals surface area contributed by atoms with Crippen molar-refractivity contribution in [2.45, 2.75) is 33.3 Å². The van der Waals surface area contributed by atoms with E-state index < -0.39 is 0 Å². The zero-order valence-electron chi connectivity index (χ0n) is 9.82. The number of hydrogen-bond donors (Lipinski definition) is 0. The lowest BCUT2D eigenvalue weighted by atomic mass is 10.1. The van der Waals surface area contributed by atoms with Crippen molar-refractivity contribution < 1.29 is 14.3 Å². The first-order valence-electron chi connectivity index (χ1n) is 5.28. The van der Waals surface area contributed by atoms with Crippen LogP contribution in [-0.4, -0.2) is 17.9 Å². The Kier molecular flexibility index (Phi) is 4.23. The van der Waals surface area contributed by atoms with Gasteiger partial charge in [0, 0.05) is 6.42 Å². The summed E-state index contributed by atoms with van der Waals surface area (Å²) in [5.74, 6) is -0.220. The largest absolute Gasteiger partial charge is 0.459 e. The summed E-state index contributed by atoms with van der Waals surface area (Å²) in [5.41, 5.74) is 1.43. The summed E-state index contributed by atoms with van der Waals surface area (Å²) in [6.07, 6.45) is 0.281. The maximum Gasteiger partial charge on any atom is 0.338 e. The van der Waals surface area contributed by atoms with Crippen LogP contribution in [0.1, 0.15) is 36.7 Å². The van der Waals surface area contributed by atoms with Crippen molar-refractivity contribution in [1.82, 2.24) is 0 Å². The zero-order chi connectivity index (χ0) is 12.1. The van der Waals surface area contributed by atoms with Crippen LogP contribution < -0.4 is 0 Å². The number of ether oxygens (including phenoxy) is 1. The highest BCUT2D eigenvalue weighted by molar-refractivity contribution is 5.89. The maximum absolute atomic E-state index is 11.5. The van der Waals surface area contributed by atoms with Gasteiger partial charge in [0.2, 0.25) is 0 Å². The number of carbonyl (C=O) groups excluding carboxylic acids is 2. The Hall–Kier alpha value is -1.64. The molecule has 0 atom stereocenters. The Morgan fingerprint density at radius 3 is 2.19 bits per heavy atom. The molecule has 3 nitrogen and oxygen atoms in total. The van der Waals surface area contributed by atoms with Crippen LogP contribution in [0.15, 0.2) is 24.3 Å². The smallest absolute Gasteiger partial charge is 0.338 e. The van der Waals surface area contributed by atoms with Gasteiger partial charge < -0.3 is 4.74 Å². The Bertz CT molecular complexity index is 377. The molecule has 0 heterocycles. The van der Waals surface area contributed by atoms with E-state index in [-0.39, 0.29) is 17.9 Å². The topological polar surface area (TPSA) is 43.4 Å². The van der Waals surface area contributed by atoms with Crippen molar-refractivity contribution in [3.8, 4) is 0 Å². The van der Waals surface area contributed by atoms with Crippen molar-refractivity contribution in [3.05, 3.63) is 35.4 Å². The first-order valence-corrected chi connectivity index (χ1v) is 5.28. The molecule has 0 aliphatic rings. The zero-order valence-corrected chi connectivity index (χ0v) is 9.82. The van der Waals surface area contributed by atoms with Crippen molar-refractivity contribution in [2.24, 2.45) is 0 Å². The molecular weight excluding hydrogens is 204 g/mol. The van der Waals surface area contributed by atoms with E-state index in [9.17, 15) is 9.59 Å². The van der Waals surface area contributed by atoms with E-state index in [1.165, 1.54) is 0 Å². The molecule has 0 radical (unpaired) electrons. The summed E-state index contributed by atoms with van der Waals surface area (Å²) in [6, 6.07) is 6.92. The van der Waals surface area contributed by atoms with Crippen LogP contribution in [0.2, 0.25) is 0 Å². The van der Waals surface area contributed by atoms with E-state index in [1.807, 2.05) is 13.8 Å². The van der Waals surface area contributed by atoms with Gasteiger partial charge in [0.1, 0.15) is 5.78 Å². The molecule has 0 amide bonds. The Labute approximate surface area is 95.4 Å². The van der Waals surface area contributed by atoms with Crippen molar-refractivity contribution in [1.29, 1.82) is 0 Å². The molecule has 0 N–H and O–H groups in total. The van der Waals surface area contributed by atoms with Gasteiger partial charge in [0.05, 0.1) is 11.7 Å². The standard InChI is InChI=1S/C13H16O3/c1-9(2)16-13(15)12-6-4-11(5-7-12)8-10(3)14/h4-7,9H,8H2,1-3H3. The molecule has 3 heteroatoms. The third-order valence-corrected chi connectivity index (χ3v) is 1.99. The lowest BCUT2D eigenvalue weighted by molar-refractivity contribution is -0.116. The van der Waals surface area contributed by atoms with E-state index in [0.717, 1.165) is 5.56 Å². The van der Waals surface area contributed by atoms with Gasteiger partial charge >= 0.3 is 5.97 Å². The molecular formula is C13H16O3. The van der Waals surface area contributed by atoms with Gasteiger partial charge in [0.15, 0.2) is 0 Å².